The summed E-state index contributed by atoms with van der Waals surface area (Å²) in [6.45, 7) is 0. The molecular formula is C28H22N4O3S. The third-order valence-corrected chi connectivity index (χ3v) is 5.41. The maximum Gasteiger partial charge on any atom is 0.269 e. The minimum Gasteiger partial charge on any atom is -0.322 e. The third-order valence-electron chi connectivity index (χ3n) is 5.20. The van der Waals surface area contributed by atoms with E-state index in [1.807, 2.05) is 48.5 Å². The maximum atomic E-state index is 12.4. The number of anilines is 1. The van der Waals surface area contributed by atoms with Crippen LogP contribution in [0.4, 0.5) is 5.69 Å². The second kappa shape index (κ2) is 11.5. The van der Waals surface area contributed by atoms with Gasteiger partial charge in [0.2, 0.25) is 5.91 Å². The Morgan fingerprint density at radius 2 is 1.33 bits per heavy atom. The monoisotopic (exact) mass is 494 g/mol. The standard InChI is InChI=1S/C28H22N4O3S/c33-25(18-15-20-11-6-10-19-7-4-5-12-24(19)20)30-28(36)32-31-27(35)22-13-16-23(17-14-22)29-26(34)21-8-2-1-3-9-21/h1-18H,(H,29,34)(H,31,35)(H2,30,32,33,36)/b18-15+. The minimum absolute atomic E-state index is 0.0531. The van der Waals surface area contributed by atoms with E-state index >= 15 is 0 Å². The highest BCUT2D eigenvalue weighted by Crippen LogP contribution is 2.19. The van der Waals surface area contributed by atoms with Gasteiger partial charge in [0.15, 0.2) is 5.11 Å². The first-order valence-corrected chi connectivity index (χ1v) is 11.4. The van der Waals surface area contributed by atoms with Crippen LogP contribution >= 0.6 is 12.2 Å². The van der Waals surface area contributed by atoms with E-state index in [0.29, 0.717) is 16.8 Å². The largest absolute Gasteiger partial charge is 0.322 e. The first kappa shape index (κ1) is 24.3. The van der Waals surface area contributed by atoms with Crippen LogP contribution in [0.5, 0.6) is 0 Å². The molecule has 0 saturated heterocycles. The lowest BCUT2D eigenvalue weighted by molar-refractivity contribution is -0.115. The van der Waals surface area contributed by atoms with Crippen molar-refractivity contribution in [2.45, 2.75) is 0 Å². The van der Waals surface area contributed by atoms with Crippen molar-refractivity contribution in [3.63, 3.8) is 0 Å². The Labute approximate surface area is 213 Å². The second-order valence-corrected chi connectivity index (χ2v) is 8.10. The first-order valence-electron chi connectivity index (χ1n) is 11.0. The molecule has 178 valence electrons. The van der Waals surface area contributed by atoms with Crippen LogP contribution in [0.25, 0.3) is 16.8 Å². The molecule has 0 aliphatic carbocycles. The number of amides is 3. The summed E-state index contributed by atoms with van der Waals surface area (Å²) < 4.78 is 0. The highest BCUT2D eigenvalue weighted by molar-refractivity contribution is 7.80. The summed E-state index contributed by atoms with van der Waals surface area (Å²) in [5, 5.41) is 7.31. The highest BCUT2D eigenvalue weighted by Gasteiger charge is 2.09. The number of carbonyl (C=O) groups excluding carboxylic acids is 3. The van der Waals surface area contributed by atoms with Crippen LogP contribution in [0, 0.1) is 0 Å². The fourth-order valence-electron chi connectivity index (χ4n) is 3.43. The molecule has 8 heteroatoms. The number of benzene rings is 4. The van der Waals surface area contributed by atoms with E-state index in [4.69, 9.17) is 12.2 Å². The Bertz CT molecular complexity index is 1450. The Kier molecular flexibility index (Phi) is 7.80. The number of thiocarbonyl (C=S) groups is 1. The van der Waals surface area contributed by atoms with Crippen molar-refractivity contribution < 1.29 is 14.4 Å². The van der Waals surface area contributed by atoms with Gasteiger partial charge in [-0.25, -0.2) is 0 Å². The molecule has 0 bridgehead atoms. The SMILES string of the molecule is O=C(/C=C/c1cccc2ccccc12)NC(=S)NNC(=O)c1ccc(NC(=O)c2ccccc2)cc1. The van der Waals surface area contributed by atoms with Crippen LogP contribution in [0.1, 0.15) is 26.3 Å². The molecule has 0 heterocycles. The van der Waals surface area contributed by atoms with Gasteiger partial charge < -0.3 is 5.32 Å². The van der Waals surface area contributed by atoms with Gasteiger partial charge in [0.05, 0.1) is 0 Å². The van der Waals surface area contributed by atoms with Gasteiger partial charge in [-0.1, -0.05) is 60.7 Å². The lowest BCUT2D eigenvalue weighted by Gasteiger charge is -2.10. The lowest BCUT2D eigenvalue weighted by atomic mass is 10.0. The van der Waals surface area contributed by atoms with E-state index in [1.165, 1.54) is 6.08 Å². The van der Waals surface area contributed by atoms with Gasteiger partial charge >= 0.3 is 0 Å². The molecule has 0 aromatic heterocycles. The molecule has 4 aromatic carbocycles. The van der Waals surface area contributed by atoms with Crippen molar-refractivity contribution in [3.8, 4) is 0 Å². The topological polar surface area (TPSA) is 99.3 Å². The Morgan fingerprint density at radius 3 is 2.11 bits per heavy atom. The van der Waals surface area contributed by atoms with E-state index in [2.05, 4.69) is 21.5 Å². The van der Waals surface area contributed by atoms with Crippen molar-refractivity contribution in [2.24, 2.45) is 0 Å². The number of nitrogens with one attached hydrogen (secondary N) is 4. The van der Waals surface area contributed by atoms with Gasteiger partial charge in [-0.05, 0) is 71.0 Å². The summed E-state index contributed by atoms with van der Waals surface area (Å²) in [6, 6.07) is 28.9. The van der Waals surface area contributed by atoms with E-state index < -0.39 is 11.8 Å². The summed E-state index contributed by atoms with van der Waals surface area (Å²) in [5.74, 6) is -1.14. The Balaban J connectivity index is 1.25. The van der Waals surface area contributed by atoms with Gasteiger partial charge in [0, 0.05) is 22.9 Å². The zero-order chi connectivity index (χ0) is 25.3. The fourth-order valence-corrected chi connectivity index (χ4v) is 3.58. The first-order chi connectivity index (χ1) is 17.5. The summed E-state index contributed by atoms with van der Waals surface area (Å²) in [4.78, 5) is 36.8. The summed E-state index contributed by atoms with van der Waals surface area (Å²) >= 11 is 5.08. The van der Waals surface area contributed by atoms with E-state index in [9.17, 15) is 14.4 Å². The van der Waals surface area contributed by atoms with E-state index in [-0.39, 0.29) is 11.0 Å². The molecule has 4 N–H and O–H groups in total. The molecule has 0 fully saturated rings. The van der Waals surface area contributed by atoms with Crippen LogP contribution in [-0.2, 0) is 4.79 Å². The van der Waals surface area contributed by atoms with Gasteiger partial charge in [-0.2, -0.15) is 0 Å². The van der Waals surface area contributed by atoms with Crippen LogP contribution in [0.15, 0.2) is 103 Å². The summed E-state index contributed by atoms with van der Waals surface area (Å²) in [6.07, 6.45) is 3.08. The predicted molar refractivity (Wildman–Crippen MR) is 145 cm³/mol. The zero-order valence-electron chi connectivity index (χ0n) is 19.0. The normalized spacial score (nSPS) is 10.6. The average Bonchev–Trinajstić information content (AvgIpc) is 2.91. The minimum atomic E-state index is -0.459. The number of carbonyl (C=O) groups is 3. The van der Waals surface area contributed by atoms with Crippen molar-refractivity contribution in [1.82, 2.24) is 16.2 Å². The quantitative estimate of drug-likeness (QED) is 0.187. The molecule has 7 nitrogen and oxygen atoms in total. The second-order valence-electron chi connectivity index (χ2n) is 7.70. The van der Waals surface area contributed by atoms with Gasteiger partial charge in [-0.15, -0.1) is 0 Å². The molecule has 0 aliphatic rings. The number of fused-ring (bicyclic) bond motifs is 1. The molecule has 0 atom stereocenters. The van der Waals surface area contributed by atoms with Crippen LogP contribution in [-0.4, -0.2) is 22.8 Å². The van der Waals surface area contributed by atoms with Gasteiger partial charge in [-0.3, -0.25) is 30.6 Å². The molecule has 0 radical (unpaired) electrons. The summed E-state index contributed by atoms with van der Waals surface area (Å²) in [5.41, 5.74) is 7.26. The molecule has 0 unspecified atom stereocenters. The lowest BCUT2D eigenvalue weighted by Crippen LogP contribution is -2.48. The van der Waals surface area contributed by atoms with Gasteiger partial charge in [0.1, 0.15) is 0 Å². The Morgan fingerprint density at radius 1 is 0.667 bits per heavy atom. The van der Waals surface area contributed by atoms with Crippen LogP contribution in [0.2, 0.25) is 0 Å². The number of hydrogen-bond donors (Lipinski definition) is 4. The molecule has 3 amide bonds. The van der Waals surface area contributed by atoms with Crippen molar-refractivity contribution in [1.29, 1.82) is 0 Å². The summed E-state index contributed by atoms with van der Waals surface area (Å²) in [7, 11) is 0. The third kappa shape index (κ3) is 6.40. The predicted octanol–water partition coefficient (Wildman–Crippen LogP) is 4.44. The molecule has 0 spiro atoms. The van der Waals surface area contributed by atoms with E-state index in [1.54, 1.807) is 54.6 Å². The fraction of sp³-hybridized carbons (Fsp3) is 0. The maximum absolute atomic E-state index is 12.4. The molecule has 4 rings (SSSR count). The number of rotatable bonds is 5. The number of hydrogen-bond acceptors (Lipinski definition) is 4. The molecule has 0 aliphatic heterocycles. The number of hydrazine groups is 1. The van der Waals surface area contributed by atoms with Crippen molar-refractivity contribution in [3.05, 3.63) is 120 Å². The van der Waals surface area contributed by atoms with Crippen LogP contribution in [0.3, 0.4) is 0 Å². The zero-order valence-corrected chi connectivity index (χ0v) is 19.8. The van der Waals surface area contributed by atoms with Gasteiger partial charge in [0.25, 0.3) is 11.8 Å². The average molecular weight is 495 g/mol. The smallest absolute Gasteiger partial charge is 0.269 e. The van der Waals surface area contributed by atoms with Crippen molar-refractivity contribution in [2.75, 3.05) is 5.32 Å². The highest BCUT2D eigenvalue weighted by atomic mass is 32.1. The molecule has 4 aromatic rings. The molecule has 36 heavy (non-hydrogen) atoms. The van der Waals surface area contributed by atoms with E-state index in [0.717, 1.165) is 16.3 Å². The van der Waals surface area contributed by atoms with Crippen LogP contribution < -0.4 is 21.5 Å². The molecule has 0 saturated carbocycles. The van der Waals surface area contributed by atoms with Crippen molar-refractivity contribution >= 4 is 57.6 Å². The molecular weight excluding hydrogens is 472 g/mol. The Hall–Kier alpha value is -4.82.